The van der Waals surface area contributed by atoms with Gasteiger partial charge in [-0.25, -0.2) is 4.98 Å². The molecular weight excluding hydrogens is 250 g/mol. The van der Waals surface area contributed by atoms with Gasteiger partial charge in [0.1, 0.15) is 16.5 Å². The van der Waals surface area contributed by atoms with E-state index >= 15 is 0 Å². The van der Waals surface area contributed by atoms with E-state index in [2.05, 4.69) is 4.98 Å². The van der Waals surface area contributed by atoms with Crippen LogP contribution in [0.1, 0.15) is 12.0 Å². The van der Waals surface area contributed by atoms with Gasteiger partial charge in [-0.05, 0) is 12.1 Å². The SMILES string of the molecule is COc1ccccc1-c1nc(C(OC)OC)cs1. The van der Waals surface area contributed by atoms with E-state index in [9.17, 15) is 0 Å². The Balaban J connectivity index is 2.34. The molecule has 0 amide bonds. The third-order valence-corrected chi connectivity index (χ3v) is 3.42. The zero-order chi connectivity index (χ0) is 13.0. The highest BCUT2D eigenvalue weighted by atomic mass is 32.1. The Morgan fingerprint density at radius 1 is 1.11 bits per heavy atom. The second-order valence-electron chi connectivity index (χ2n) is 3.58. The van der Waals surface area contributed by atoms with E-state index in [0.29, 0.717) is 0 Å². The van der Waals surface area contributed by atoms with E-state index in [4.69, 9.17) is 14.2 Å². The molecule has 0 fully saturated rings. The van der Waals surface area contributed by atoms with Crippen molar-refractivity contribution >= 4 is 11.3 Å². The smallest absolute Gasteiger partial charge is 0.201 e. The second kappa shape index (κ2) is 5.95. The number of ether oxygens (including phenoxy) is 3. The molecule has 0 radical (unpaired) electrons. The van der Waals surface area contributed by atoms with Crippen molar-refractivity contribution < 1.29 is 14.2 Å². The van der Waals surface area contributed by atoms with Crippen LogP contribution in [0.5, 0.6) is 5.75 Å². The number of benzene rings is 1. The monoisotopic (exact) mass is 265 g/mol. The summed E-state index contributed by atoms with van der Waals surface area (Å²) < 4.78 is 15.7. The molecule has 1 heterocycles. The van der Waals surface area contributed by atoms with Gasteiger partial charge >= 0.3 is 0 Å². The Morgan fingerprint density at radius 3 is 2.50 bits per heavy atom. The van der Waals surface area contributed by atoms with Crippen LogP contribution in [0.15, 0.2) is 29.6 Å². The molecule has 2 rings (SSSR count). The van der Waals surface area contributed by atoms with Crippen LogP contribution < -0.4 is 4.74 Å². The first-order chi connectivity index (χ1) is 8.80. The molecule has 0 saturated carbocycles. The fraction of sp³-hybridized carbons (Fsp3) is 0.308. The van der Waals surface area contributed by atoms with E-state index in [-0.39, 0.29) is 0 Å². The minimum absolute atomic E-state index is 0.426. The van der Waals surface area contributed by atoms with Crippen LogP contribution in [0.25, 0.3) is 10.6 Å². The van der Waals surface area contributed by atoms with E-state index < -0.39 is 6.29 Å². The van der Waals surface area contributed by atoms with Crippen LogP contribution in [-0.4, -0.2) is 26.3 Å². The fourth-order valence-electron chi connectivity index (χ4n) is 1.68. The number of para-hydroxylation sites is 1. The van der Waals surface area contributed by atoms with Gasteiger partial charge in [-0.1, -0.05) is 12.1 Å². The minimum Gasteiger partial charge on any atom is -0.496 e. The third-order valence-electron chi connectivity index (χ3n) is 2.53. The molecule has 2 aromatic rings. The Morgan fingerprint density at radius 2 is 1.83 bits per heavy atom. The first-order valence-corrected chi connectivity index (χ1v) is 6.32. The molecule has 0 atom stereocenters. The number of methoxy groups -OCH3 is 3. The van der Waals surface area contributed by atoms with Crippen molar-refractivity contribution in [3.05, 3.63) is 35.3 Å². The average Bonchev–Trinajstić information content (AvgIpc) is 2.89. The highest BCUT2D eigenvalue weighted by Gasteiger charge is 2.15. The number of hydrogen-bond donors (Lipinski definition) is 0. The number of nitrogens with zero attached hydrogens (tertiary/aromatic N) is 1. The van der Waals surface area contributed by atoms with Crippen LogP contribution >= 0.6 is 11.3 Å². The van der Waals surface area contributed by atoms with Crippen molar-refractivity contribution in [3.8, 4) is 16.3 Å². The van der Waals surface area contributed by atoms with Gasteiger partial charge in [-0.2, -0.15) is 0 Å². The van der Waals surface area contributed by atoms with Crippen molar-refractivity contribution in [1.29, 1.82) is 0 Å². The molecule has 0 aliphatic rings. The largest absolute Gasteiger partial charge is 0.496 e. The number of aromatic nitrogens is 1. The first kappa shape index (κ1) is 13.0. The number of thiazole rings is 1. The maximum atomic E-state index is 5.33. The number of rotatable bonds is 5. The fourth-order valence-corrected chi connectivity index (χ4v) is 2.53. The van der Waals surface area contributed by atoms with E-state index in [1.807, 2.05) is 29.6 Å². The van der Waals surface area contributed by atoms with Gasteiger partial charge in [0.15, 0.2) is 0 Å². The molecule has 96 valence electrons. The van der Waals surface area contributed by atoms with Crippen molar-refractivity contribution in [2.24, 2.45) is 0 Å². The van der Waals surface area contributed by atoms with Crippen LogP contribution in [0.3, 0.4) is 0 Å². The summed E-state index contributed by atoms with van der Waals surface area (Å²) in [7, 11) is 4.84. The Hall–Kier alpha value is -1.43. The minimum atomic E-state index is -0.426. The van der Waals surface area contributed by atoms with Crippen molar-refractivity contribution in [2.75, 3.05) is 21.3 Å². The van der Waals surface area contributed by atoms with Gasteiger partial charge in [0.25, 0.3) is 0 Å². The summed E-state index contributed by atoms with van der Waals surface area (Å²) in [6.07, 6.45) is -0.426. The molecular formula is C13H15NO3S. The lowest BCUT2D eigenvalue weighted by molar-refractivity contribution is -0.108. The molecule has 0 aliphatic heterocycles. The quantitative estimate of drug-likeness (QED) is 0.779. The highest BCUT2D eigenvalue weighted by Crippen LogP contribution is 2.33. The second-order valence-corrected chi connectivity index (χ2v) is 4.44. The molecule has 1 aromatic heterocycles. The molecule has 18 heavy (non-hydrogen) atoms. The molecule has 0 N–H and O–H groups in total. The van der Waals surface area contributed by atoms with Crippen LogP contribution in [0, 0.1) is 0 Å². The van der Waals surface area contributed by atoms with Gasteiger partial charge in [-0.15, -0.1) is 11.3 Å². The first-order valence-electron chi connectivity index (χ1n) is 5.44. The Kier molecular flexibility index (Phi) is 4.30. The third kappa shape index (κ3) is 2.53. The topological polar surface area (TPSA) is 40.6 Å². The maximum Gasteiger partial charge on any atom is 0.201 e. The van der Waals surface area contributed by atoms with Crippen molar-refractivity contribution in [2.45, 2.75) is 6.29 Å². The predicted octanol–water partition coefficient (Wildman–Crippen LogP) is 3.11. The van der Waals surface area contributed by atoms with E-state index in [0.717, 1.165) is 22.0 Å². The van der Waals surface area contributed by atoms with E-state index in [1.165, 1.54) is 0 Å². The molecule has 0 saturated heterocycles. The zero-order valence-corrected chi connectivity index (χ0v) is 11.4. The lowest BCUT2D eigenvalue weighted by atomic mass is 10.2. The number of hydrogen-bond acceptors (Lipinski definition) is 5. The van der Waals surface area contributed by atoms with Gasteiger partial charge in [-0.3, -0.25) is 0 Å². The summed E-state index contributed by atoms with van der Waals surface area (Å²) in [5.74, 6) is 0.810. The molecule has 0 unspecified atom stereocenters. The van der Waals surface area contributed by atoms with Crippen LogP contribution in [0.4, 0.5) is 0 Å². The Labute approximate surface area is 110 Å². The van der Waals surface area contributed by atoms with Gasteiger partial charge in [0.2, 0.25) is 6.29 Å². The lowest BCUT2D eigenvalue weighted by Gasteiger charge is -2.09. The standard InChI is InChI=1S/C13H15NO3S/c1-15-11-7-5-4-6-9(11)12-14-10(8-18-12)13(16-2)17-3/h4-8,13H,1-3H3. The van der Waals surface area contributed by atoms with Crippen molar-refractivity contribution in [3.63, 3.8) is 0 Å². The average molecular weight is 265 g/mol. The summed E-state index contributed by atoms with van der Waals surface area (Å²) in [6, 6.07) is 7.80. The lowest BCUT2D eigenvalue weighted by Crippen LogP contribution is -2.03. The maximum absolute atomic E-state index is 5.33. The molecule has 0 spiro atoms. The molecule has 0 aliphatic carbocycles. The highest BCUT2D eigenvalue weighted by molar-refractivity contribution is 7.13. The zero-order valence-electron chi connectivity index (χ0n) is 10.5. The van der Waals surface area contributed by atoms with Gasteiger partial charge < -0.3 is 14.2 Å². The van der Waals surface area contributed by atoms with Crippen LogP contribution in [-0.2, 0) is 9.47 Å². The summed E-state index contributed by atoms with van der Waals surface area (Å²) in [6.45, 7) is 0. The molecule has 5 heteroatoms. The summed E-state index contributed by atoms with van der Waals surface area (Å²) in [4.78, 5) is 4.52. The molecule has 4 nitrogen and oxygen atoms in total. The molecule has 0 bridgehead atoms. The summed E-state index contributed by atoms with van der Waals surface area (Å²) in [5.41, 5.74) is 1.74. The van der Waals surface area contributed by atoms with Crippen molar-refractivity contribution in [1.82, 2.24) is 4.98 Å². The Bertz CT molecular complexity index is 508. The van der Waals surface area contributed by atoms with Gasteiger partial charge in [0, 0.05) is 19.6 Å². The summed E-state index contributed by atoms with van der Waals surface area (Å²) in [5, 5.41) is 2.82. The normalized spacial score (nSPS) is 10.9. The molecule has 1 aromatic carbocycles. The predicted molar refractivity (Wildman–Crippen MR) is 70.9 cm³/mol. The van der Waals surface area contributed by atoms with E-state index in [1.54, 1.807) is 32.7 Å². The van der Waals surface area contributed by atoms with Crippen LogP contribution in [0.2, 0.25) is 0 Å². The van der Waals surface area contributed by atoms with Gasteiger partial charge in [0.05, 0.1) is 12.7 Å². The summed E-state index contributed by atoms with van der Waals surface area (Å²) >= 11 is 1.54.